The topological polar surface area (TPSA) is 0 Å². The second kappa shape index (κ2) is 5.49. The fourth-order valence-electron chi connectivity index (χ4n) is 0.948. The summed E-state index contributed by atoms with van der Waals surface area (Å²) in [6.45, 7) is 0. The van der Waals surface area contributed by atoms with E-state index in [1.54, 1.807) is 0 Å². The molecule has 0 aliphatic carbocycles. The molecule has 23 heavy (non-hydrogen) atoms. The molecule has 0 aromatic rings. The van der Waals surface area contributed by atoms with Crippen LogP contribution >= 0.6 is 31.9 Å². The maximum Gasteiger partial charge on any atom is 0.460 e. The summed E-state index contributed by atoms with van der Waals surface area (Å²) in [5.41, 5.74) is 0. The molecule has 0 aromatic carbocycles. The lowest BCUT2D eigenvalue weighted by molar-refractivity contribution is -0.430. The third-order valence-corrected chi connectivity index (χ3v) is 4.36. The highest BCUT2D eigenvalue weighted by atomic mass is 79.9. The number of hydrogen-bond acceptors (Lipinski definition) is 0. The van der Waals surface area contributed by atoms with Crippen LogP contribution in [0.3, 0.4) is 0 Å². The van der Waals surface area contributed by atoms with Gasteiger partial charge in [-0.05, 0) is 31.9 Å². The van der Waals surface area contributed by atoms with Crippen molar-refractivity contribution in [3.63, 3.8) is 0 Å². The van der Waals surface area contributed by atoms with Crippen molar-refractivity contribution >= 4 is 31.9 Å². The highest BCUT2D eigenvalue weighted by Gasteiger charge is 2.92. The first kappa shape index (κ1) is 23.0. The lowest BCUT2D eigenvalue weighted by Gasteiger charge is -2.41. The van der Waals surface area contributed by atoms with Crippen LogP contribution in [0.2, 0.25) is 0 Å². The zero-order chi connectivity index (χ0) is 19.5. The third-order valence-electron chi connectivity index (χ3n) is 2.29. The van der Waals surface area contributed by atoms with Gasteiger partial charge in [0.1, 0.15) is 0 Å². The van der Waals surface area contributed by atoms with E-state index in [4.69, 9.17) is 0 Å². The molecular formula is C7Br2F14. The van der Waals surface area contributed by atoms with Crippen LogP contribution in [0.4, 0.5) is 61.5 Å². The lowest BCUT2D eigenvalue weighted by atomic mass is 9.95. The van der Waals surface area contributed by atoms with E-state index in [0.717, 1.165) is 15.9 Å². The van der Waals surface area contributed by atoms with Crippen LogP contribution in [0.5, 0.6) is 0 Å². The van der Waals surface area contributed by atoms with Gasteiger partial charge < -0.3 is 0 Å². The molecule has 16 heteroatoms. The molecule has 0 nitrogen and oxygen atoms in total. The van der Waals surface area contributed by atoms with Gasteiger partial charge in [0.2, 0.25) is 0 Å². The van der Waals surface area contributed by atoms with E-state index in [2.05, 4.69) is 0 Å². The first-order valence-electron chi connectivity index (χ1n) is 4.52. The first-order chi connectivity index (χ1) is 9.50. The highest BCUT2D eigenvalue weighted by molar-refractivity contribution is 9.12. The maximum atomic E-state index is 13.1. The Balaban J connectivity index is 6.37. The van der Waals surface area contributed by atoms with Crippen LogP contribution < -0.4 is 0 Å². The zero-order valence-corrected chi connectivity index (χ0v) is 12.7. The highest BCUT2D eigenvalue weighted by Crippen LogP contribution is 2.64. The van der Waals surface area contributed by atoms with Crippen molar-refractivity contribution in [1.29, 1.82) is 0 Å². The molecule has 0 rings (SSSR count). The number of rotatable bonds is 5. The predicted octanol–water partition coefficient (Wildman–Crippen LogP) is 6.14. The van der Waals surface area contributed by atoms with Crippen LogP contribution in [0.1, 0.15) is 0 Å². The predicted molar refractivity (Wildman–Crippen MR) is 52.5 cm³/mol. The summed E-state index contributed by atoms with van der Waals surface area (Å²) in [7, 11) is 0. The Labute approximate surface area is 133 Å². The quantitative estimate of drug-likeness (QED) is 0.309. The molecule has 0 bridgehead atoms. The summed E-state index contributed by atoms with van der Waals surface area (Å²) in [6.07, 6.45) is -7.47. The lowest BCUT2D eigenvalue weighted by Crippen LogP contribution is -2.71. The van der Waals surface area contributed by atoms with E-state index in [1.165, 1.54) is 0 Å². The molecule has 0 amide bonds. The van der Waals surface area contributed by atoms with Crippen molar-refractivity contribution in [2.75, 3.05) is 0 Å². The maximum absolute atomic E-state index is 13.1. The zero-order valence-electron chi connectivity index (χ0n) is 9.55. The third kappa shape index (κ3) is 3.01. The molecule has 0 unspecified atom stereocenters. The summed E-state index contributed by atoms with van der Waals surface area (Å²) in [5, 5.41) is 0. The standard InChI is InChI=1S/C7Br2F14/c8-1(10,6(9,19)20)2(11,12)3(13,14)4(15,16)5(17,18)7(21,22)23/t1-/m0/s1. The Kier molecular flexibility index (Phi) is 5.48. The van der Waals surface area contributed by atoms with E-state index in [9.17, 15) is 61.5 Å². The summed E-state index contributed by atoms with van der Waals surface area (Å²) < 4.78 is 169. The van der Waals surface area contributed by atoms with Crippen molar-refractivity contribution in [2.45, 2.75) is 39.3 Å². The van der Waals surface area contributed by atoms with Gasteiger partial charge in [-0.25, -0.2) is 4.39 Å². The van der Waals surface area contributed by atoms with Gasteiger partial charge in [0.25, 0.3) is 0 Å². The molecule has 140 valence electrons. The molecule has 0 heterocycles. The Morgan fingerprint density at radius 3 is 0.870 bits per heavy atom. The molecule has 0 fully saturated rings. The SMILES string of the molecule is FC(F)(F)C(F)(F)C(F)(F)C(F)(F)C(F)(F)[C@@](F)(Br)C(F)(F)Br. The van der Waals surface area contributed by atoms with Crippen LogP contribution in [-0.2, 0) is 0 Å². The molecule has 0 aliphatic rings. The van der Waals surface area contributed by atoms with Gasteiger partial charge in [0.15, 0.2) is 0 Å². The van der Waals surface area contributed by atoms with E-state index < -0.39 is 39.3 Å². The summed E-state index contributed by atoms with van der Waals surface area (Å²) >= 11 is 1.38. The molecule has 0 spiro atoms. The Bertz CT molecular complexity index is 403. The van der Waals surface area contributed by atoms with Gasteiger partial charge in [0, 0.05) is 0 Å². The summed E-state index contributed by atoms with van der Waals surface area (Å²) in [5.74, 6) is -31.1. The molecule has 1 atom stereocenters. The van der Waals surface area contributed by atoms with E-state index in [1.807, 2.05) is 0 Å². The summed E-state index contributed by atoms with van der Waals surface area (Å²) in [6, 6.07) is 0. The van der Waals surface area contributed by atoms with Gasteiger partial charge in [-0.1, -0.05) is 0 Å². The number of alkyl halides is 16. The fourth-order valence-corrected chi connectivity index (χ4v) is 1.45. The van der Waals surface area contributed by atoms with Crippen molar-refractivity contribution in [3.8, 4) is 0 Å². The minimum absolute atomic E-state index is 0.616. The van der Waals surface area contributed by atoms with Gasteiger partial charge >= 0.3 is 39.3 Å². The van der Waals surface area contributed by atoms with E-state index in [0.29, 0.717) is 15.9 Å². The molecule has 0 saturated carbocycles. The molecule has 0 aromatic heterocycles. The van der Waals surface area contributed by atoms with Gasteiger partial charge in [0.05, 0.1) is 0 Å². The monoisotopic (exact) mass is 508 g/mol. The van der Waals surface area contributed by atoms with Crippen molar-refractivity contribution in [1.82, 2.24) is 0 Å². The van der Waals surface area contributed by atoms with Crippen molar-refractivity contribution in [2.24, 2.45) is 0 Å². The molecule has 0 radical (unpaired) electrons. The van der Waals surface area contributed by atoms with Crippen molar-refractivity contribution < 1.29 is 61.5 Å². The van der Waals surface area contributed by atoms with Crippen LogP contribution in [0, 0.1) is 0 Å². The average Bonchev–Trinajstić information content (AvgIpc) is 2.24. The second-order valence-corrected chi connectivity index (χ2v) is 5.96. The summed E-state index contributed by atoms with van der Waals surface area (Å²) in [4.78, 5) is -5.77. The number of hydrogen-bond donors (Lipinski definition) is 0. The van der Waals surface area contributed by atoms with Crippen LogP contribution in [0.25, 0.3) is 0 Å². The molecule has 0 N–H and O–H groups in total. The van der Waals surface area contributed by atoms with Crippen molar-refractivity contribution in [3.05, 3.63) is 0 Å². The number of halogens is 16. The Hall–Kier alpha value is -0.0200. The largest absolute Gasteiger partial charge is 0.460 e. The van der Waals surface area contributed by atoms with Gasteiger partial charge in [-0.2, -0.15) is 57.1 Å². The second-order valence-electron chi connectivity index (χ2n) is 3.87. The van der Waals surface area contributed by atoms with E-state index >= 15 is 0 Å². The molecule has 0 saturated heterocycles. The van der Waals surface area contributed by atoms with Crippen LogP contribution in [-0.4, -0.2) is 39.3 Å². The fraction of sp³-hybridized carbons (Fsp3) is 1.00. The van der Waals surface area contributed by atoms with Gasteiger partial charge in [-0.15, -0.1) is 0 Å². The smallest absolute Gasteiger partial charge is 0.216 e. The minimum Gasteiger partial charge on any atom is -0.216 e. The Morgan fingerprint density at radius 1 is 0.391 bits per heavy atom. The normalized spacial score (nSPS) is 18.8. The first-order valence-corrected chi connectivity index (χ1v) is 6.11. The molecular weight excluding hydrogens is 510 g/mol. The van der Waals surface area contributed by atoms with Gasteiger partial charge in [-0.3, -0.25) is 0 Å². The van der Waals surface area contributed by atoms with E-state index in [-0.39, 0.29) is 0 Å². The van der Waals surface area contributed by atoms with Crippen LogP contribution in [0.15, 0.2) is 0 Å². The minimum atomic E-state index is -7.98. The average molecular weight is 510 g/mol. The molecule has 0 aliphatic heterocycles. The Morgan fingerprint density at radius 2 is 0.652 bits per heavy atom.